The first-order chi connectivity index (χ1) is 12.3. The van der Waals surface area contributed by atoms with Crippen LogP contribution < -0.4 is 10.3 Å². The molecule has 4 rings (SSSR count). The number of amides is 1. The Kier molecular flexibility index (Phi) is 3.99. The third kappa shape index (κ3) is 2.89. The van der Waals surface area contributed by atoms with Crippen molar-refractivity contribution in [2.75, 3.05) is 0 Å². The smallest absolute Gasteiger partial charge is 0.255 e. The van der Waals surface area contributed by atoms with Gasteiger partial charge in [0.25, 0.3) is 5.91 Å². The highest BCUT2D eigenvalue weighted by molar-refractivity contribution is 7.19. The summed E-state index contributed by atoms with van der Waals surface area (Å²) >= 11 is 1.50. The molecule has 0 aliphatic heterocycles. The summed E-state index contributed by atoms with van der Waals surface area (Å²) in [7, 11) is 0. The van der Waals surface area contributed by atoms with E-state index in [1.807, 2.05) is 24.3 Å². The standard InChI is InChI=1S/C18H12FN3O2S/c19-24-15-8-4-2-6-12(15)18(23)21-10-16-22-14-9-20-13-7-3-1-5-11(13)17(14)25-16/h1-9H,10H2,(H,21,23). The second-order valence-corrected chi connectivity index (χ2v) is 6.44. The van der Waals surface area contributed by atoms with Gasteiger partial charge in [0.05, 0.1) is 28.5 Å². The Balaban J connectivity index is 1.59. The number of pyridine rings is 1. The molecule has 0 fully saturated rings. The average molecular weight is 353 g/mol. The highest BCUT2D eigenvalue weighted by Crippen LogP contribution is 2.28. The van der Waals surface area contributed by atoms with E-state index in [-0.39, 0.29) is 17.9 Å². The Hall–Kier alpha value is -3.06. The fourth-order valence-corrected chi connectivity index (χ4v) is 3.63. The van der Waals surface area contributed by atoms with Crippen molar-refractivity contribution in [2.45, 2.75) is 6.54 Å². The second kappa shape index (κ2) is 6.45. The number of hydrogen-bond donors (Lipinski definition) is 1. The summed E-state index contributed by atoms with van der Waals surface area (Å²) in [5.41, 5.74) is 1.84. The van der Waals surface area contributed by atoms with Crippen LogP contribution >= 0.6 is 11.3 Å². The van der Waals surface area contributed by atoms with Crippen molar-refractivity contribution in [2.24, 2.45) is 0 Å². The van der Waals surface area contributed by atoms with Gasteiger partial charge in [0.1, 0.15) is 10.5 Å². The first kappa shape index (κ1) is 15.5. The SMILES string of the molecule is O=C(NCc1nc2cnc3ccccc3c2s1)c1ccccc1OF. The van der Waals surface area contributed by atoms with Crippen molar-refractivity contribution in [3.05, 3.63) is 65.3 Å². The van der Waals surface area contributed by atoms with E-state index in [0.29, 0.717) is 0 Å². The number of carbonyl (C=O) groups excluding carboxylic acids is 1. The summed E-state index contributed by atoms with van der Waals surface area (Å²) < 4.78 is 13.5. The summed E-state index contributed by atoms with van der Waals surface area (Å²) in [6, 6.07) is 14.0. The van der Waals surface area contributed by atoms with Gasteiger partial charge in [0.15, 0.2) is 5.75 Å². The minimum absolute atomic E-state index is 0.112. The molecule has 7 heteroatoms. The van der Waals surface area contributed by atoms with Crippen LogP contribution in [0.5, 0.6) is 5.75 Å². The van der Waals surface area contributed by atoms with Gasteiger partial charge in [-0.15, -0.1) is 11.3 Å². The molecule has 0 spiro atoms. The minimum Gasteiger partial charge on any atom is -0.345 e. The van der Waals surface area contributed by atoms with Gasteiger partial charge in [0.2, 0.25) is 0 Å². The van der Waals surface area contributed by atoms with Gasteiger partial charge in [-0.1, -0.05) is 30.3 Å². The number of nitrogens with one attached hydrogen (secondary N) is 1. The van der Waals surface area contributed by atoms with E-state index >= 15 is 0 Å². The average Bonchev–Trinajstić information content (AvgIpc) is 3.09. The van der Waals surface area contributed by atoms with Crippen LogP contribution in [-0.2, 0) is 6.54 Å². The van der Waals surface area contributed by atoms with Gasteiger partial charge in [-0.3, -0.25) is 14.7 Å². The summed E-state index contributed by atoms with van der Waals surface area (Å²) in [5.74, 6) is -0.532. The summed E-state index contributed by atoms with van der Waals surface area (Å²) in [6.45, 7) is 0.243. The normalized spacial score (nSPS) is 10.9. The number of halogens is 1. The number of rotatable bonds is 4. The quantitative estimate of drug-likeness (QED) is 0.601. The Bertz CT molecular complexity index is 1080. The molecule has 5 nitrogen and oxygen atoms in total. The summed E-state index contributed by atoms with van der Waals surface area (Å²) in [6.07, 6.45) is 1.73. The molecule has 25 heavy (non-hydrogen) atoms. The van der Waals surface area contributed by atoms with E-state index in [4.69, 9.17) is 0 Å². The zero-order valence-electron chi connectivity index (χ0n) is 12.9. The topological polar surface area (TPSA) is 64.1 Å². The van der Waals surface area contributed by atoms with Gasteiger partial charge in [-0.25, -0.2) is 4.98 Å². The number of fused-ring (bicyclic) bond motifs is 3. The minimum atomic E-state index is -0.421. The van der Waals surface area contributed by atoms with Crippen LogP contribution in [0.4, 0.5) is 4.53 Å². The molecule has 0 aliphatic rings. The molecule has 2 heterocycles. The number of aromatic nitrogens is 2. The van der Waals surface area contributed by atoms with E-state index in [9.17, 15) is 9.32 Å². The van der Waals surface area contributed by atoms with Crippen molar-refractivity contribution >= 4 is 38.4 Å². The highest BCUT2D eigenvalue weighted by Gasteiger charge is 2.14. The predicted octanol–water partition coefficient (Wildman–Crippen LogP) is 4.04. The Morgan fingerprint density at radius 2 is 1.92 bits per heavy atom. The molecule has 0 radical (unpaired) electrons. The molecule has 0 saturated carbocycles. The third-order valence-electron chi connectivity index (χ3n) is 3.79. The Labute approximate surface area is 146 Å². The van der Waals surface area contributed by atoms with Crippen LogP contribution in [0, 0.1) is 0 Å². The van der Waals surface area contributed by atoms with Crippen LogP contribution in [0.15, 0.2) is 54.7 Å². The van der Waals surface area contributed by atoms with Gasteiger partial charge in [0, 0.05) is 9.91 Å². The lowest BCUT2D eigenvalue weighted by molar-refractivity contribution is -0.00715. The molecule has 124 valence electrons. The van der Waals surface area contributed by atoms with E-state index in [1.54, 1.807) is 18.3 Å². The Morgan fingerprint density at radius 3 is 2.80 bits per heavy atom. The number of hydrogen-bond acceptors (Lipinski definition) is 5. The third-order valence-corrected chi connectivity index (χ3v) is 4.89. The summed E-state index contributed by atoms with van der Waals surface area (Å²) in [5, 5.41) is 4.52. The van der Waals surface area contributed by atoms with Crippen LogP contribution in [0.1, 0.15) is 15.4 Å². The van der Waals surface area contributed by atoms with Crippen molar-refractivity contribution in [3.63, 3.8) is 0 Å². The molecule has 4 aromatic rings. The molecule has 2 aromatic carbocycles. The predicted molar refractivity (Wildman–Crippen MR) is 94.3 cm³/mol. The van der Waals surface area contributed by atoms with Gasteiger partial charge >= 0.3 is 0 Å². The van der Waals surface area contributed by atoms with Crippen LogP contribution in [-0.4, -0.2) is 15.9 Å². The highest BCUT2D eigenvalue weighted by atomic mass is 32.1. The van der Waals surface area contributed by atoms with E-state index in [0.717, 1.165) is 26.1 Å². The second-order valence-electron chi connectivity index (χ2n) is 5.35. The zero-order valence-corrected chi connectivity index (χ0v) is 13.7. The molecule has 1 N–H and O–H groups in total. The molecular weight excluding hydrogens is 341 g/mol. The number of carbonyl (C=O) groups is 1. The molecule has 0 aliphatic carbocycles. The molecule has 0 bridgehead atoms. The molecule has 0 atom stereocenters. The molecule has 0 unspecified atom stereocenters. The largest absolute Gasteiger partial charge is 0.345 e. The first-order valence-corrected chi connectivity index (χ1v) is 8.37. The molecule has 2 aromatic heterocycles. The molecule has 0 saturated heterocycles. The maximum absolute atomic E-state index is 12.5. The monoisotopic (exact) mass is 353 g/mol. The van der Waals surface area contributed by atoms with Crippen molar-refractivity contribution in [3.8, 4) is 5.75 Å². The van der Waals surface area contributed by atoms with Crippen molar-refractivity contribution < 1.29 is 14.3 Å². The van der Waals surface area contributed by atoms with E-state index in [1.165, 1.54) is 23.5 Å². The molecular formula is C18H12FN3O2S. The summed E-state index contributed by atoms with van der Waals surface area (Å²) in [4.78, 5) is 24.9. The van der Waals surface area contributed by atoms with Crippen LogP contribution in [0.25, 0.3) is 21.1 Å². The number of para-hydroxylation sites is 2. The Morgan fingerprint density at radius 1 is 1.12 bits per heavy atom. The molecule has 1 amide bonds. The van der Waals surface area contributed by atoms with Gasteiger partial charge < -0.3 is 5.32 Å². The van der Waals surface area contributed by atoms with Gasteiger partial charge in [-0.2, -0.15) is 0 Å². The van der Waals surface area contributed by atoms with Crippen molar-refractivity contribution in [1.82, 2.24) is 15.3 Å². The van der Waals surface area contributed by atoms with Crippen molar-refractivity contribution in [1.29, 1.82) is 0 Å². The first-order valence-electron chi connectivity index (χ1n) is 7.55. The fraction of sp³-hybridized carbons (Fsp3) is 0.0556. The van der Waals surface area contributed by atoms with Crippen LogP contribution in [0.2, 0.25) is 0 Å². The van der Waals surface area contributed by atoms with Crippen LogP contribution in [0.3, 0.4) is 0 Å². The number of nitrogens with zero attached hydrogens (tertiary/aromatic N) is 2. The fourth-order valence-electron chi connectivity index (χ4n) is 2.62. The number of thiazole rings is 1. The lowest BCUT2D eigenvalue weighted by atomic mass is 10.2. The lowest BCUT2D eigenvalue weighted by Crippen LogP contribution is -2.23. The number of benzene rings is 2. The maximum Gasteiger partial charge on any atom is 0.255 e. The maximum atomic E-state index is 12.5. The zero-order chi connectivity index (χ0) is 17.2. The van der Waals surface area contributed by atoms with E-state index in [2.05, 4.69) is 20.2 Å². The van der Waals surface area contributed by atoms with Gasteiger partial charge in [-0.05, 0) is 18.2 Å². The van der Waals surface area contributed by atoms with E-state index < -0.39 is 5.91 Å². The lowest BCUT2D eigenvalue weighted by Gasteiger charge is -2.05.